The van der Waals surface area contributed by atoms with Crippen molar-refractivity contribution >= 4 is 0 Å². The second-order valence-electron chi connectivity index (χ2n) is 7.24. The number of nitrogens with one attached hydrogen (secondary N) is 1. The molecule has 2 aliphatic carbocycles. The first-order chi connectivity index (χ1) is 10.3. The van der Waals surface area contributed by atoms with Crippen LogP contribution in [0.1, 0.15) is 65.2 Å². The number of rotatable bonds is 10. The number of hydrogen-bond acceptors (Lipinski definition) is 3. The molecule has 0 bridgehead atoms. The van der Waals surface area contributed by atoms with Crippen LogP contribution < -0.4 is 5.32 Å². The van der Waals surface area contributed by atoms with Crippen LogP contribution in [0.4, 0.5) is 0 Å². The molecule has 3 nitrogen and oxygen atoms in total. The van der Waals surface area contributed by atoms with Gasteiger partial charge in [0.25, 0.3) is 0 Å². The maximum atomic E-state index is 9.33. The van der Waals surface area contributed by atoms with Gasteiger partial charge in [-0.2, -0.15) is 0 Å². The van der Waals surface area contributed by atoms with Crippen LogP contribution in [0.2, 0.25) is 0 Å². The lowest BCUT2D eigenvalue weighted by Crippen LogP contribution is -2.47. The molecule has 0 spiro atoms. The minimum absolute atomic E-state index is 0.314. The van der Waals surface area contributed by atoms with Gasteiger partial charge in [-0.3, -0.25) is 4.90 Å². The van der Waals surface area contributed by atoms with Crippen molar-refractivity contribution in [1.82, 2.24) is 10.2 Å². The second-order valence-corrected chi connectivity index (χ2v) is 7.24. The summed E-state index contributed by atoms with van der Waals surface area (Å²) in [6, 6.07) is 1.48. The highest BCUT2D eigenvalue weighted by Gasteiger charge is 2.35. The Kier molecular flexibility index (Phi) is 7.48. The molecular weight excluding hydrogens is 260 g/mol. The molecule has 2 saturated carbocycles. The molecule has 0 amide bonds. The molecule has 3 atom stereocenters. The summed E-state index contributed by atoms with van der Waals surface area (Å²) in [6.07, 6.45) is 10.8. The summed E-state index contributed by atoms with van der Waals surface area (Å²) >= 11 is 0. The van der Waals surface area contributed by atoms with Crippen LogP contribution in [0.15, 0.2) is 0 Å². The van der Waals surface area contributed by atoms with Crippen LogP contribution in [0.25, 0.3) is 0 Å². The van der Waals surface area contributed by atoms with E-state index in [2.05, 4.69) is 24.1 Å². The van der Waals surface area contributed by atoms with E-state index < -0.39 is 0 Å². The molecule has 0 aromatic heterocycles. The quantitative estimate of drug-likeness (QED) is 0.650. The molecule has 0 aliphatic heterocycles. The lowest BCUT2D eigenvalue weighted by Gasteiger charge is -2.39. The van der Waals surface area contributed by atoms with Gasteiger partial charge in [-0.15, -0.1) is 0 Å². The molecule has 3 heteroatoms. The maximum absolute atomic E-state index is 9.33. The van der Waals surface area contributed by atoms with Crippen LogP contribution in [0.3, 0.4) is 0 Å². The van der Waals surface area contributed by atoms with E-state index in [1.165, 1.54) is 57.9 Å². The molecule has 0 aromatic rings. The van der Waals surface area contributed by atoms with Gasteiger partial charge >= 0.3 is 0 Å². The Balaban J connectivity index is 1.90. The lowest BCUT2D eigenvalue weighted by atomic mass is 9.76. The topological polar surface area (TPSA) is 35.5 Å². The van der Waals surface area contributed by atoms with E-state index in [0.29, 0.717) is 12.6 Å². The van der Waals surface area contributed by atoms with Crippen molar-refractivity contribution in [2.24, 2.45) is 11.8 Å². The largest absolute Gasteiger partial charge is 0.395 e. The summed E-state index contributed by atoms with van der Waals surface area (Å²) in [5.41, 5.74) is 0. The zero-order valence-corrected chi connectivity index (χ0v) is 14.2. The maximum Gasteiger partial charge on any atom is 0.0558 e. The van der Waals surface area contributed by atoms with E-state index in [4.69, 9.17) is 0 Å². The molecular formula is C18H36N2O. The smallest absolute Gasteiger partial charge is 0.0558 e. The third kappa shape index (κ3) is 5.54. The van der Waals surface area contributed by atoms with Crippen LogP contribution in [-0.4, -0.2) is 48.3 Å². The minimum atomic E-state index is 0.314. The zero-order chi connectivity index (χ0) is 15.1. The summed E-state index contributed by atoms with van der Waals surface area (Å²) in [5.74, 6) is 1.73. The Labute approximate surface area is 131 Å². The Morgan fingerprint density at radius 1 is 1.10 bits per heavy atom. The van der Waals surface area contributed by atoms with Gasteiger partial charge in [-0.25, -0.2) is 0 Å². The molecule has 124 valence electrons. The van der Waals surface area contributed by atoms with E-state index in [-0.39, 0.29) is 0 Å². The monoisotopic (exact) mass is 296 g/mol. The van der Waals surface area contributed by atoms with Crippen LogP contribution in [0, 0.1) is 11.8 Å². The van der Waals surface area contributed by atoms with Gasteiger partial charge in [0.1, 0.15) is 0 Å². The number of aliphatic hydroxyl groups excluding tert-OH is 1. The Hall–Kier alpha value is -0.120. The average Bonchev–Trinajstić information content (AvgIpc) is 3.31. The van der Waals surface area contributed by atoms with Gasteiger partial charge in [-0.05, 0) is 56.9 Å². The Morgan fingerprint density at radius 3 is 2.52 bits per heavy atom. The van der Waals surface area contributed by atoms with Crippen LogP contribution in [0.5, 0.6) is 0 Å². The van der Waals surface area contributed by atoms with Gasteiger partial charge in [0.05, 0.1) is 6.61 Å². The first-order valence-electron chi connectivity index (χ1n) is 9.36. The Morgan fingerprint density at radius 2 is 1.90 bits per heavy atom. The normalized spacial score (nSPS) is 30.0. The summed E-state index contributed by atoms with van der Waals surface area (Å²) in [5, 5.41) is 13.1. The highest BCUT2D eigenvalue weighted by molar-refractivity contribution is 4.91. The van der Waals surface area contributed by atoms with E-state index in [0.717, 1.165) is 31.0 Å². The minimum Gasteiger partial charge on any atom is -0.395 e. The third-order valence-corrected chi connectivity index (χ3v) is 5.36. The van der Waals surface area contributed by atoms with Crippen LogP contribution in [-0.2, 0) is 0 Å². The third-order valence-electron chi connectivity index (χ3n) is 5.36. The predicted octanol–water partition coefficient (Wildman–Crippen LogP) is 3.03. The van der Waals surface area contributed by atoms with E-state index in [1.807, 2.05) is 0 Å². The summed E-state index contributed by atoms with van der Waals surface area (Å²) in [7, 11) is 0. The van der Waals surface area contributed by atoms with E-state index in [1.54, 1.807) is 0 Å². The lowest BCUT2D eigenvalue weighted by molar-refractivity contribution is 0.115. The second kappa shape index (κ2) is 9.12. The molecule has 0 heterocycles. The first-order valence-corrected chi connectivity index (χ1v) is 9.36. The molecule has 2 N–H and O–H groups in total. The Bertz CT molecular complexity index is 280. The van der Waals surface area contributed by atoms with Crippen molar-refractivity contribution in [3.8, 4) is 0 Å². The fraction of sp³-hybridized carbons (Fsp3) is 1.00. The summed E-state index contributed by atoms with van der Waals surface area (Å²) in [4.78, 5) is 2.57. The SMILES string of the molecule is CCCNC1CCC(CCC)CC1CN(CCO)C1CC1. The van der Waals surface area contributed by atoms with Gasteiger partial charge in [0.2, 0.25) is 0 Å². The van der Waals surface area contributed by atoms with Crippen molar-refractivity contribution in [2.45, 2.75) is 77.3 Å². The van der Waals surface area contributed by atoms with Crippen molar-refractivity contribution in [3.05, 3.63) is 0 Å². The molecule has 2 aliphatic rings. The molecule has 2 fully saturated rings. The van der Waals surface area contributed by atoms with E-state index >= 15 is 0 Å². The fourth-order valence-corrected chi connectivity index (χ4v) is 4.12. The highest BCUT2D eigenvalue weighted by atomic mass is 16.3. The number of nitrogens with zero attached hydrogens (tertiary/aromatic N) is 1. The van der Waals surface area contributed by atoms with Crippen molar-refractivity contribution in [2.75, 3.05) is 26.2 Å². The summed E-state index contributed by atoms with van der Waals surface area (Å²) < 4.78 is 0. The van der Waals surface area contributed by atoms with Crippen molar-refractivity contribution < 1.29 is 5.11 Å². The fourth-order valence-electron chi connectivity index (χ4n) is 4.12. The van der Waals surface area contributed by atoms with Gasteiger partial charge in [-0.1, -0.05) is 26.7 Å². The summed E-state index contributed by atoms with van der Waals surface area (Å²) in [6.45, 7) is 8.12. The predicted molar refractivity (Wildman–Crippen MR) is 89.5 cm³/mol. The molecule has 2 rings (SSSR count). The molecule has 0 radical (unpaired) electrons. The highest BCUT2D eigenvalue weighted by Crippen LogP contribution is 2.35. The number of hydrogen-bond donors (Lipinski definition) is 2. The standard InChI is InChI=1S/C18H36N2O/c1-3-5-15-6-9-18(19-10-4-2)16(13-15)14-20(11-12-21)17-7-8-17/h15-19,21H,3-14H2,1-2H3. The van der Waals surface area contributed by atoms with Gasteiger partial charge in [0, 0.05) is 25.2 Å². The first kappa shape index (κ1) is 17.2. The molecule has 0 aromatic carbocycles. The molecule has 0 saturated heterocycles. The van der Waals surface area contributed by atoms with Crippen molar-refractivity contribution in [1.29, 1.82) is 0 Å². The van der Waals surface area contributed by atoms with Gasteiger partial charge in [0.15, 0.2) is 0 Å². The van der Waals surface area contributed by atoms with Crippen molar-refractivity contribution in [3.63, 3.8) is 0 Å². The molecule has 3 unspecified atom stereocenters. The molecule has 21 heavy (non-hydrogen) atoms. The van der Waals surface area contributed by atoms with Crippen LogP contribution >= 0.6 is 0 Å². The number of aliphatic hydroxyl groups is 1. The van der Waals surface area contributed by atoms with E-state index in [9.17, 15) is 5.11 Å². The van der Waals surface area contributed by atoms with Gasteiger partial charge < -0.3 is 10.4 Å². The zero-order valence-electron chi connectivity index (χ0n) is 14.2. The average molecular weight is 296 g/mol.